The number of rotatable bonds is 1. The SMILES string of the molecule is O=[N+]([O-])c1cc(O)c(F)c(O)c1. The van der Waals surface area contributed by atoms with Crippen molar-refractivity contribution in [3.63, 3.8) is 0 Å². The van der Waals surface area contributed by atoms with Gasteiger partial charge in [-0.2, -0.15) is 4.39 Å². The number of nitro groups is 1. The molecule has 0 aromatic heterocycles. The van der Waals surface area contributed by atoms with Crippen LogP contribution in [0.4, 0.5) is 10.1 Å². The predicted molar refractivity (Wildman–Crippen MR) is 36.4 cm³/mol. The highest BCUT2D eigenvalue weighted by molar-refractivity contribution is 5.46. The fourth-order valence-corrected chi connectivity index (χ4v) is 0.685. The molecule has 0 bridgehead atoms. The maximum atomic E-state index is 12.5. The van der Waals surface area contributed by atoms with Gasteiger partial charge in [0.25, 0.3) is 5.69 Å². The number of nitrogens with zero attached hydrogens (tertiary/aromatic N) is 1. The van der Waals surface area contributed by atoms with Crippen molar-refractivity contribution in [1.29, 1.82) is 0 Å². The normalized spacial score (nSPS) is 9.75. The highest BCUT2D eigenvalue weighted by Gasteiger charge is 2.14. The maximum absolute atomic E-state index is 12.5. The van der Waals surface area contributed by atoms with Crippen LogP contribution in [0.5, 0.6) is 11.5 Å². The van der Waals surface area contributed by atoms with E-state index >= 15 is 0 Å². The lowest BCUT2D eigenvalue weighted by Crippen LogP contribution is -1.88. The minimum atomic E-state index is -1.26. The summed E-state index contributed by atoms with van der Waals surface area (Å²) >= 11 is 0. The van der Waals surface area contributed by atoms with Gasteiger partial charge in [-0.15, -0.1) is 0 Å². The average molecular weight is 173 g/mol. The van der Waals surface area contributed by atoms with Gasteiger partial charge in [-0.25, -0.2) is 0 Å². The largest absolute Gasteiger partial charge is 0.505 e. The Morgan fingerprint density at radius 1 is 1.33 bits per heavy atom. The van der Waals surface area contributed by atoms with Gasteiger partial charge in [-0.05, 0) is 0 Å². The van der Waals surface area contributed by atoms with E-state index in [9.17, 15) is 14.5 Å². The van der Waals surface area contributed by atoms with E-state index in [4.69, 9.17) is 10.2 Å². The number of aromatic hydroxyl groups is 2. The highest BCUT2D eigenvalue weighted by atomic mass is 19.1. The van der Waals surface area contributed by atoms with Crippen LogP contribution in [-0.4, -0.2) is 15.1 Å². The molecule has 0 spiro atoms. The van der Waals surface area contributed by atoms with Crippen molar-refractivity contribution in [3.05, 3.63) is 28.1 Å². The minimum Gasteiger partial charge on any atom is -0.505 e. The molecule has 0 heterocycles. The molecule has 12 heavy (non-hydrogen) atoms. The third-order valence-electron chi connectivity index (χ3n) is 1.23. The third kappa shape index (κ3) is 1.26. The van der Waals surface area contributed by atoms with E-state index in [0.717, 1.165) is 0 Å². The lowest BCUT2D eigenvalue weighted by Gasteiger charge is -1.97. The Bertz CT molecular complexity index is 315. The molecule has 0 aliphatic heterocycles. The first-order chi connectivity index (χ1) is 5.52. The number of non-ortho nitro benzene ring substituents is 1. The summed E-state index contributed by atoms with van der Waals surface area (Å²) in [5, 5.41) is 27.5. The van der Waals surface area contributed by atoms with E-state index in [0.29, 0.717) is 12.1 Å². The standard InChI is InChI=1S/C6H4FNO4/c7-6-4(9)1-3(8(11)12)2-5(6)10/h1-2,9-10H. The van der Waals surface area contributed by atoms with Crippen LogP contribution >= 0.6 is 0 Å². The van der Waals surface area contributed by atoms with Gasteiger partial charge in [0.1, 0.15) is 0 Å². The summed E-state index contributed by atoms with van der Waals surface area (Å²) in [5.74, 6) is -3.15. The van der Waals surface area contributed by atoms with Crippen molar-refractivity contribution < 1.29 is 19.5 Å². The smallest absolute Gasteiger partial charge is 0.277 e. The molecule has 0 fully saturated rings. The second-order valence-electron chi connectivity index (χ2n) is 2.06. The van der Waals surface area contributed by atoms with Gasteiger partial charge in [0.05, 0.1) is 17.1 Å². The molecule has 0 saturated carbocycles. The monoisotopic (exact) mass is 173 g/mol. The van der Waals surface area contributed by atoms with Gasteiger partial charge in [-0.3, -0.25) is 10.1 Å². The number of hydrogen-bond acceptors (Lipinski definition) is 4. The van der Waals surface area contributed by atoms with Crippen LogP contribution < -0.4 is 0 Å². The maximum Gasteiger partial charge on any atom is 0.277 e. The van der Waals surface area contributed by atoms with E-state index in [-0.39, 0.29) is 0 Å². The second-order valence-corrected chi connectivity index (χ2v) is 2.06. The number of phenolic OH excluding ortho intramolecular Hbond substituents is 2. The fraction of sp³-hybridized carbons (Fsp3) is 0. The van der Waals surface area contributed by atoms with Crippen LogP contribution in [0.3, 0.4) is 0 Å². The van der Waals surface area contributed by atoms with Crippen LogP contribution in [0.2, 0.25) is 0 Å². The molecule has 5 nitrogen and oxygen atoms in total. The highest BCUT2D eigenvalue weighted by Crippen LogP contribution is 2.29. The zero-order chi connectivity index (χ0) is 9.30. The van der Waals surface area contributed by atoms with E-state index in [1.165, 1.54) is 0 Å². The fourth-order valence-electron chi connectivity index (χ4n) is 0.685. The molecule has 0 saturated heterocycles. The quantitative estimate of drug-likeness (QED) is 0.492. The van der Waals surface area contributed by atoms with E-state index in [1.807, 2.05) is 0 Å². The first kappa shape index (κ1) is 8.25. The molecular formula is C6H4FNO4. The van der Waals surface area contributed by atoms with Crippen molar-refractivity contribution >= 4 is 5.69 Å². The molecule has 0 atom stereocenters. The molecule has 0 aliphatic rings. The van der Waals surface area contributed by atoms with Crippen LogP contribution in [0, 0.1) is 15.9 Å². The Morgan fingerprint density at radius 3 is 2.08 bits per heavy atom. The third-order valence-corrected chi connectivity index (χ3v) is 1.23. The summed E-state index contributed by atoms with van der Waals surface area (Å²) in [6.07, 6.45) is 0. The molecule has 0 radical (unpaired) electrons. The van der Waals surface area contributed by atoms with Crippen LogP contribution in [0.15, 0.2) is 12.1 Å². The van der Waals surface area contributed by atoms with Gasteiger partial charge in [-0.1, -0.05) is 0 Å². The van der Waals surface area contributed by atoms with Crippen molar-refractivity contribution in [2.24, 2.45) is 0 Å². The summed E-state index contributed by atoms with van der Waals surface area (Å²) in [6, 6.07) is 1.24. The van der Waals surface area contributed by atoms with Crippen LogP contribution in [0.1, 0.15) is 0 Å². The Morgan fingerprint density at radius 2 is 1.75 bits per heavy atom. The van der Waals surface area contributed by atoms with Crippen LogP contribution in [0.25, 0.3) is 0 Å². The number of benzene rings is 1. The number of hydrogen-bond donors (Lipinski definition) is 2. The average Bonchev–Trinajstić information content (AvgIpc) is 1.99. The van der Waals surface area contributed by atoms with Crippen molar-refractivity contribution in [3.8, 4) is 11.5 Å². The van der Waals surface area contributed by atoms with Crippen molar-refractivity contribution in [2.75, 3.05) is 0 Å². The lowest BCUT2D eigenvalue weighted by atomic mass is 10.3. The predicted octanol–water partition coefficient (Wildman–Crippen LogP) is 1.15. The van der Waals surface area contributed by atoms with Crippen molar-refractivity contribution in [1.82, 2.24) is 0 Å². The molecule has 64 valence electrons. The molecule has 6 heteroatoms. The van der Waals surface area contributed by atoms with Crippen molar-refractivity contribution in [2.45, 2.75) is 0 Å². The molecule has 1 rings (SSSR count). The van der Waals surface area contributed by atoms with E-state index < -0.39 is 27.9 Å². The number of halogens is 1. The van der Waals surface area contributed by atoms with Gasteiger partial charge < -0.3 is 10.2 Å². The van der Waals surface area contributed by atoms with Gasteiger partial charge >= 0.3 is 0 Å². The van der Waals surface area contributed by atoms with E-state index in [1.54, 1.807) is 0 Å². The van der Waals surface area contributed by atoms with Crippen LogP contribution in [-0.2, 0) is 0 Å². The molecule has 0 aliphatic carbocycles. The minimum absolute atomic E-state index is 0.564. The summed E-state index contributed by atoms with van der Waals surface area (Å²) in [4.78, 5) is 9.23. The van der Waals surface area contributed by atoms with Gasteiger partial charge in [0.15, 0.2) is 11.5 Å². The zero-order valence-corrected chi connectivity index (χ0v) is 5.69. The zero-order valence-electron chi connectivity index (χ0n) is 5.69. The van der Waals surface area contributed by atoms with E-state index in [2.05, 4.69) is 0 Å². The Balaban J connectivity index is 3.31. The number of nitro benzene ring substituents is 1. The second kappa shape index (κ2) is 2.65. The Labute approximate surface area is 65.8 Å². The molecule has 2 N–H and O–H groups in total. The molecule has 0 unspecified atom stereocenters. The molecule has 1 aromatic rings. The van der Waals surface area contributed by atoms with Gasteiger partial charge in [0.2, 0.25) is 5.82 Å². The molecular weight excluding hydrogens is 169 g/mol. The van der Waals surface area contributed by atoms with Gasteiger partial charge in [0, 0.05) is 0 Å². The first-order valence-corrected chi connectivity index (χ1v) is 2.88. The summed E-state index contributed by atoms with van der Waals surface area (Å²) in [6.45, 7) is 0. The summed E-state index contributed by atoms with van der Waals surface area (Å²) < 4.78 is 12.5. The first-order valence-electron chi connectivity index (χ1n) is 2.88. The molecule has 1 aromatic carbocycles. The topological polar surface area (TPSA) is 83.6 Å². The Kier molecular flexibility index (Phi) is 1.82. The Hall–Kier alpha value is -1.85. The number of phenols is 2. The molecule has 0 amide bonds. The lowest BCUT2D eigenvalue weighted by molar-refractivity contribution is -0.385. The summed E-state index contributed by atoms with van der Waals surface area (Å²) in [5.41, 5.74) is -0.564. The summed E-state index contributed by atoms with van der Waals surface area (Å²) in [7, 11) is 0.